The van der Waals surface area contributed by atoms with Gasteiger partial charge in [-0.15, -0.1) is 0 Å². The van der Waals surface area contributed by atoms with E-state index >= 15 is 0 Å². The molecule has 2 heterocycles. The van der Waals surface area contributed by atoms with Crippen LogP contribution in [0.5, 0.6) is 0 Å². The van der Waals surface area contributed by atoms with Crippen molar-refractivity contribution in [2.75, 3.05) is 23.4 Å². The Bertz CT molecular complexity index is 723. The van der Waals surface area contributed by atoms with Crippen molar-refractivity contribution < 1.29 is 8.42 Å². The van der Waals surface area contributed by atoms with E-state index in [4.69, 9.17) is 0 Å². The molecule has 3 rings (SSSR count). The number of para-hydroxylation sites is 1. The first-order valence-electron chi connectivity index (χ1n) is 7.09. The molecule has 0 saturated carbocycles. The summed E-state index contributed by atoms with van der Waals surface area (Å²) in [5, 5.41) is 3.30. The minimum atomic E-state index is -2.82. The summed E-state index contributed by atoms with van der Waals surface area (Å²) in [6.45, 7) is 2.59. The van der Waals surface area contributed by atoms with Gasteiger partial charge in [-0.1, -0.05) is 18.2 Å². The van der Waals surface area contributed by atoms with Crippen molar-refractivity contribution in [1.29, 1.82) is 0 Å². The third-order valence-corrected chi connectivity index (χ3v) is 5.57. The molecular formula is C15H19N3O2S. The van der Waals surface area contributed by atoms with Crippen LogP contribution < -0.4 is 5.32 Å². The lowest BCUT2D eigenvalue weighted by Gasteiger charge is -2.12. The zero-order valence-electron chi connectivity index (χ0n) is 12.0. The van der Waals surface area contributed by atoms with Gasteiger partial charge in [-0.25, -0.2) is 13.4 Å². The monoisotopic (exact) mass is 305 g/mol. The summed E-state index contributed by atoms with van der Waals surface area (Å²) in [6, 6.07) is 9.98. The van der Waals surface area contributed by atoms with E-state index in [-0.39, 0.29) is 11.7 Å². The number of benzene rings is 1. The van der Waals surface area contributed by atoms with Crippen molar-refractivity contribution in [3.8, 4) is 5.69 Å². The van der Waals surface area contributed by atoms with E-state index in [2.05, 4.69) is 10.3 Å². The second-order valence-corrected chi connectivity index (χ2v) is 7.79. The molecule has 2 aromatic rings. The molecule has 1 atom stereocenters. The van der Waals surface area contributed by atoms with Gasteiger partial charge in [-0.05, 0) is 31.4 Å². The standard InChI is InChI=1S/C15H19N3O2S/c1-12-10-18(14-5-3-2-4-6-14)15(17-12)16-9-13-7-8-21(19,20)11-13/h2-6,10,13H,7-9,11H2,1H3,(H,16,17). The maximum atomic E-state index is 11.5. The van der Waals surface area contributed by atoms with Gasteiger partial charge in [0.15, 0.2) is 9.84 Å². The fraction of sp³-hybridized carbons (Fsp3) is 0.400. The van der Waals surface area contributed by atoms with Gasteiger partial charge in [0.25, 0.3) is 0 Å². The van der Waals surface area contributed by atoms with Crippen LogP contribution in [0.4, 0.5) is 5.95 Å². The number of hydrogen-bond donors (Lipinski definition) is 1. The molecule has 21 heavy (non-hydrogen) atoms. The quantitative estimate of drug-likeness (QED) is 0.938. The summed E-state index contributed by atoms with van der Waals surface area (Å²) in [6.07, 6.45) is 2.71. The zero-order chi connectivity index (χ0) is 14.9. The summed E-state index contributed by atoms with van der Waals surface area (Å²) in [7, 11) is -2.82. The first-order valence-corrected chi connectivity index (χ1v) is 8.91. The van der Waals surface area contributed by atoms with Crippen molar-refractivity contribution in [1.82, 2.24) is 9.55 Å². The largest absolute Gasteiger partial charge is 0.355 e. The van der Waals surface area contributed by atoms with Gasteiger partial charge < -0.3 is 5.32 Å². The first kappa shape index (κ1) is 14.1. The highest BCUT2D eigenvalue weighted by Gasteiger charge is 2.27. The Morgan fingerprint density at radius 1 is 1.33 bits per heavy atom. The zero-order valence-corrected chi connectivity index (χ0v) is 12.8. The van der Waals surface area contributed by atoms with Crippen LogP contribution in [0.2, 0.25) is 0 Å². The Kier molecular flexibility index (Phi) is 3.71. The highest BCUT2D eigenvalue weighted by atomic mass is 32.2. The van der Waals surface area contributed by atoms with E-state index in [1.54, 1.807) is 0 Å². The van der Waals surface area contributed by atoms with Crippen molar-refractivity contribution >= 4 is 15.8 Å². The Hall–Kier alpha value is -1.82. The molecule has 1 unspecified atom stereocenters. The normalized spacial score (nSPS) is 20.5. The second kappa shape index (κ2) is 5.52. The number of hydrogen-bond acceptors (Lipinski definition) is 4. The molecule has 0 radical (unpaired) electrons. The van der Waals surface area contributed by atoms with Gasteiger partial charge in [-0.3, -0.25) is 4.57 Å². The molecule has 112 valence electrons. The molecule has 0 spiro atoms. The molecular weight excluding hydrogens is 286 g/mol. The summed E-state index contributed by atoms with van der Waals surface area (Å²) < 4.78 is 25.0. The van der Waals surface area contributed by atoms with Gasteiger partial charge in [0.1, 0.15) is 0 Å². The van der Waals surface area contributed by atoms with Gasteiger partial charge in [0.05, 0.1) is 17.2 Å². The number of nitrogens with zero attached hydrogens (tertiary/aromatic N) is 2. The SMILES string of the molecule is Cc1cn(-c2ccccc2)c(NCC2CCS(=O)(=O)C2)n1. The van der Waals surface area contributed by atoms with Crippen LogP contribution in [0.3, 0.4) is 0 Å². The number of aromatic nitrogens is 2. The Morgan fingerprint density at radius 3 is 2.76 bits per heavy atom. The fourth-order valence-corrected chi connectivity index (χ4v) is 4.54. The maximum Gasteiger partial charge on any atom is 0.207 e. The molecule has 0 bridgehead atoms. The van der Waals surface area contributed by atoms with Crippen LogP contribution in [-0.4, -0.2) is 36.0 Å². The molecule has 1 N–H and O–H groups in total. The van der Waals surface area contributed by atoms with E-state index in [1.165, 1.54) is 0 Å². The number of nitrogens with one attached hydrogen (secondary N) is 1. The van der Waals surface area contributed by atoms with E-state index < -0.39 is 9.84 Å². The lowest BCUT2D eigenvalue weighted by molar-refractivity contribution is 0.595. The smallest absolute Gasteiger partial charge is 0.207 e. The highest BCUT2D eigenvalue weighted by molar-refractivity contribution is 7.91. The number of imidazole rings is 1. The van der Waals surface area contributed by atoms with E-state index in [0.29, 0.717) is 12.3 Å². The van der Waals surface area contributed by atoms with E-state index in [0.717, 1.165) is 23.8 Å². The predicted octanol–water partition coefficient (Wildman–Crippen LogP) is 2.03. The lowest BCUT2D eigenvalue weighted by Crippen LogP contribution is -2.17. The molecule has 1 saturated heterocycles. The van der Waals surface area contributed by atoms with E-state index in [1.807, 2.05) is 48.0 Å². The van der Waals surface area contributed by atoms with Crippen LogP contribution in [0, 0.1) is 12.8 Å². The molecule has 0 aliphatic carbocycles. The van der Waals surface area contributed by atoms with Gasteiger partial charge in [0.2, 0.25) is 5.95 Å². The summed E-state index contributed by atoms with van der Waals surface area (Å²) in [5.74, 6) is 1.54. The number of sulfone groups is 1. The van der Waals surface area contributed by atoms with Gasteiger partial charge in [-0.2, -0.15) is 0 Å². The van der Waals surface area contributed by atoms with Crippen LogP contribution >= 0.6 is 0 Å². The van der Waals surface area contributed by atoms with Crippen molar-refractivity contribution in [2.24, 2.45) is 5.92 Å². The average Bonchev–Trinajstić information content (AvgIpc) is 3.00. The average molecular weight is 305 g/mol. The molecule has 1 fully saturated rings. The summed E-state index contributed by atoms with van der Waals surface area (Å²) in [4.78, 5) is 4.49. The Balaban J connectivity index is 1.75. The lowest BCUT2D eigenvalue weighted by atomic mass is 10.1. The molecule has 5 nitrogen and oxygen atoms in total. The Morgan fingerprint density at radius 2 is 2.10 bits per heavy atom. The fourth-order valence-electron chi connectivity index (χ4n) is 2.68. The molecule has 1 aliphatic heterocycles. The minimum absolute atomic E-state index is 0.177. The number of anilines is 1. The van der Waals surface area contributed by atoms with Crippen LogP contribution in [0.25, 0.3) is 5.69 Å². The molecule has 0 amide bonds. The highest BCUT2D eigenvalue weighted by Crippen LogP contribution is 2.21. The topological polar surface area (TPSA) is 64.0 Å². The third kappa shape index (κ3) is 3.26. The Labute approximate surface area is 124 Å². The number of aryl methyl sites for hydroxylation is 1. The number of rotatable bonds is 4. The van der Waals surface area contributed by atoms with Crippen molar-refractivity contribution in [2.45, 2.75) is 13.3 Å². The third-order valence-electron chi connectivity index (χ3n) is 3.74. The van der Waals surface area contributed by atoms with Crippen LogP contribution in [-0.2, 0) is 9.84 Å². The van der Waals surface area contributed by atoms with Gasteiger partial charge in [0, 0.05) is 18.4 Å². The predicted molar refractivity (Wildman–Crippen MR) is 83.6 cm³/mol. The molecule has 1 aromatic heterocycles. The minimum Gasteiger partial charge on any atom is -0.355 e. The molecule has 6 heteroatoms. The maximum absolute atomic E-state index is 11.5. The molecule has 1 aliphatic rings. The van der Waals surface area contributed by atoms with Gasteiger partial charge >= 0.3 is 0 Å². The first-order chi connectivity index (χ1) is 10.0. The van der Waals surface area contributed by atoms with Crippen LogP contribution in [0.1, 0.15) is 12.1 Å². The molecule has 1 aromatic carbocycles. The van der Waals surface area contributed by atoms with E-state index in [9.17, 15) is 8.42 Å². The van der Waals surface area contributed by atoms with Crippen molar-refractivity contribution in [3.63, 3.8) is 0 Å². The van der Waals surface area contributed by atoms with Crippen molar-refractivity contribution in [3.05, 3.63) is 42.2 Å². The second-order valence-electron chi connectivity index (χ2n) is 5.56. The summed E-state index contributed by atoms with van der Waals surface area (Å²) >= 11 is 0. The summed E-state index contributed by atoms with van der Waals surface area (Å²) in [5.41, 5.74) is 1.97. The van der Waals surface area contributed by atoms with Crippen LogP contribution in [0.15, 0.2) is 36.5 Å².